The molecule has 0 saturated carbocycles. The summed E-state index contributed by atoms with van der Waals surface area (Å²) in [4.78, 5) is 30.9. The number of aliphatic imine (C=N–C) groups is 1. The van der Waals surface area contributed by atoms with Gasteiger partial charge in [0, 0.05) is 37.2 Å². The molecule has 0 radical (unpaired) electrons. The number of fused-ring (bicyclic) bond motifs is 1. The average Bonchev–Trinajstić information content (AvgIpc) is 3.23. The zero-order chi connectivity index (χ0) is 22.2. The lowest BCUT2D eigenvalue weighted by atomic mass is 9.85. The molecule has 4 rings (SSSR count). The van der Waals surface area contributed by atoms with E-state index in [1.807, 2.05) is 12.1 Å². The molecule has 2 aliphatic heterocycles. The van der Waals surface area contributed by atoms with Crippen molar-refractivity contribution >= 4 is 17.6 Å². The number of amides is 1. The van der Waals surface area contributed by atoms with Gasteiger partial charge < -0.3 is 20.8 Å². The van der Waals surface area contributed by atoms with E-state index < -0.39 is 11.6 Å². The molecule has 1 aromatic rings. The van der Waals surface area contributed by atoms with Crippen LogP contribution >= 0.6 is 0 Å². The highest BCUT2D eigenvalue weighted by atomic mass is 16.4. The standard InChI is InChI=1S/C24H27N3O4/c1-24(31,23(29)30)19-6-3-7-20-18(19)13-21(26-20)22(28)27-10-8-16(9-11-27)17-5-2-4-15(12-17)14-25/h2-6,12-13,16,31H,7-11,14,25H2,1H3,(H,29,30)/t24-/m1/s1. The summed E-state index contributed by atoms with van der Waals surface area (Å²) in [5.74, 6) is -1.10. The van der Waals surface area contributed by atoms with Crippen LogP contribution in [0.25, 0.3) is 0 Å². The molecule has 2 heterocycles. The number of carbonyl (C=O) groups is 2. The maximum atomic E-state index is 13.1. The minimum absolute atomic E-state index is 0.155. The molecule has 0 bridgehead atoms. The van der Waals surface area contributed by atoms with Crippen LogP contribution in [0.4, 0.5) is 0 Å². The lowest BCUT2D eigenvalue weighted by Crippen LogP contribution is -2.38. The van der Waals surface area contributed by atoms with Crippen LogP contribution < -0.4 is 5.73 Å². The Labute approximate surface area is 181 Å². The van der Waals surface area contributed by atoms with Crippen LogP contribution in [0, 0.1) is 0 Å². The Morgan fingerprint density at radius 3 is 2.71 bits per heavy atom. The molecule has 162 valence electrons. The van der Waals surface area contributed by atoms with Crippen LogP contribution in [-0.4, -0.2) is 51.4 Å². The largest absolute Gasteiger partial charge is 0.479 e. The van der Waals surface area contributed by atoms with Gasteiger partial charge in [-0.3, -0.25) is 4.79 Å². The number of hydrogen-bond donors (Lipinski definition) is 3. The summed E-state index contributed by atoms with van der Waals surface area (Å²) in [5, 5.41) is 19.8. The number of rotatable bonds is 5. The second-order valence-corrected chi connectivity index (χ2v) is 8.41. The minimum atomic E-state index is -2.04. The first-order valence-corrected chi connectivity index (χ1v) is 10.6. The molecule has 7 nitrogen and oxygen atoms in total. The van der Waals surface area contributed by atoms with E-state index in [1.54, 1.807) is 23.1 Å². The zero-order valence-corrected chi connectivity index (χ0v) is 17.5. The van der Waals surface area contributed by atoms with Gasteiger partial charge >= 0.3 is 5.97 Å². The van der Waals surface area contributed by atoms with Gasteiger partial charge in [0.1, 0.15) is 5.70 Å². The Balaban J connectivity index is 1.49. The third-order valence-corrected chi connectivity index (χ3v) is 6.33. The summed E-state index contributed by atoms with van der Waals surface area (Å²) in [6, 6.07) is 8.31. The summed E-state index contributed by atoms with van der Waals surface area (Å²) < 4.78 is 0. The molecular formula is C24H27N3O4. The predicted molar refractivity (Wildman–Crippen MR) is 117 cm³/mol. The second kappa shape index (κ2) is 8.24. The van der Waals surface area contributed by atoms with E-state index in [0.29, 0.717) is 49.0 Å². The molecule has 1 fully saturated rings. The molecule has 1 saturated heterocycles. The number of aliphatic hydroxyl groups is 1. The van der Waals surface area contributed by atoms with Crippen molar-refractivity contribution < 1.29 is 19.8 Å². The number of piperidine rings is 1. The quantitative estimate of drug-likeness (QED) is 0.674. The summed E-state index contributed by atoms with van der Waals surface area (Å²) >= 11 is 0. The first-order chi connectivity index (χ1) is 14.8. The number of carbonyl (C=O) groups excluding carboxylic acids is 1. The lowest BCUT2D eigenvalue weighted by molar-refractivity contribution is -0.152. The van der Waals surface area contributed by atoms with Gasteiger partial charge in [0.05, 0.1) is 5.71 Å². The fourth-order valence-corrected chi connectivity index (χ4v) is 4.43. The summed E-state index contributed by atoms with van der Waals surface area (Å²) in [6.07, 6.45) is 7.22. The molecule has 0 aromatic heterocycles. The van der Waals surface area contributed by atoms with Gasteiger partial charge in [0.15, 0.2) is 5.60 Å². The topological polar surface area (TPSA) is 116 Å². The van der Waals surface area contributed by atoms with E-state index >= 15 is 0 Å². The maximum absolute atomic E-state index is 13.1. The number of benzene rings is 1. The molecule has 1 atom stereocenters. The fraction of sp³-hybridized carbons (Fsp3) is 0.375. The molecule has 4 N–H and O–H groups in total. The Morgan fingerprint density at radius 1 is 1.29 bits per heavy atom. The van der Waals surface area contributed by atoms with Gasteiger partial charge in [-0.15, -0.1) is 0 Å². The number of hydrogen-bond acceptors (Lipinski definition) is 5. The van der Waals surface area contributed by atoms with Crippen molar-refractivity contribution in [1.82, 2.24) is 4.90 Å². The van der Waals surface area contributed by atoms with Gasteiger partial charge in [-0.2, -0.15) is 0 Å². The second-order valence-electron chi connectivity index (χ2n) is 8.41. The van der Waals surface area contributed by atoms with E-state index in [0.717, 1.165) is 18.4 Å². The van der Waals surface area contributed by atoms with Crippen molar-refractivity contribution in [3.8, 4) is 0 Å². The highest BCUT2D eigenvalue weighted by Crippen LogP contribution is 2.34. The van der Waals surface area contributed by atoms with Gasteiger partial charge in [0.25, 0.3) is 5.91 Å². The van der Waals surface area contributed by atoms with Crippen LogP contribution in [-0.2, 0) is 16.1 Å². The van der Waals surface area contributed by atoms with Crippen LogP contribution in [0.15, 0.2) is 64.3 Å². The number of carboxylic acid groups (broad SMARTS) is 1. The SMILES string of the molecule is C[C@](O)(C(=O)O)C1=C2C=C(C(=O)N3CCC(c4cccc(CN)c4)CC3)N=C2CC=C1. The molecule has 1 aliphatic carbocycles. The number of allylic oxidation sites excluding steroid dienone is 3. The van der Waals surface area contributed by atoms with Crippen molar-refractivity contribution in [2.45, 2.75) is 44.2 Å². The van der Waals surface area contributed by atoms with Crippen LogP contribution in [0.5, 0.6) is 0 Å². The zero-order valence-electron chi connectivity index (χ0n) is 17.5. The van der Waals surface area contributed by atoms with E-state index in [4.69, 9.17) is 5.73 Å². The molecule has 3 aliphatic rings. The molecule has 1 aromatic carbocycles. The van der Waals surface area contributed by atoms with Gasteiger partial charge in [0.2, 0.25) is 0 Å². The molecule has 0 unspecified atom stereocenters. The van der Waals surface area contributed by atoms with E-state index in [2.05, 4.69) is 17.1 Å². The highest BCUT2D eigenvalue weighted by molar-refractivity contribution is 6.14. The molecule has 0 spiro atoms. The number of nitrogens with two attached hydrogens (primary N) is 1. The van der Waals surface area contributed by atoms with Gasteiger partial charge in [-0.05, 0) is 42.9 Å². The smallest absolute Gasteiger partial charge is 0.340 e. The predicted octanol–water partition coefficient (Wildman–Crippen LogP) is 2.28. The Morgan fingerprint density at radius 2 is 2.03 bits per heavy atom. The van der Waals surface area contributed by atoms with E-state index in [-0.39, 0.29) is 11.5 Å². The average molecular weight is 421 g/mol. The summed E-state index contributed by atoms with van der Waals surface area (Å²) in [7, 11) is 0. The molecule has 1 amide bonds. The minimum Gasteiger partial charge on any atom is -0.479 e. The van der Waals surface area contributed by atoms with E-state index in [1.165, 1.54) is 12.5 Å². The van der Waals surface area contributed by atoms with E-state index in [9.17, 15) is 19.8 Å². The fourth-order valence-electron chi connectivity index (χ4n) is 4.43. The third-order valence-electron chi connectivity index (χ3n) is 6.33. The van der Waals surface area contributed by atoms with Crippen molar-refractivity contribution in [2.24, 2.45) is 10.7 Å². The van der Waals surface area contributed by atoms with Crippen molar-refractivity contribution in [3.63, 3.8) is 0 Å². The van der Waals surface area contributed by atoms with Crippen LogP contribution in [0.3, 0.4) is 0 Å². The number of likely N-dealkylation sites (tertiary alicyclic amines) is 1. The van der Waals surface area contributed by atoms with Crippen molar-refractivity contribution in [2.75, 3.05) is 13.1 Å². The van der Waals surface area contributed by atoms with Gasteiger partial charge in [-0.1, -0.05) is 36.4 Å². The lowest BCUT2D eigenvalue weighted by Gasteiger charge is -2.32. The van der Waals surface area contributed by atoms with Crippen molar-refractivity contribution in [1.29, 1.82) is 0 Å². The molecular weight excluding hydrogens is 394 g/mol. The summed E-state index contributed by atoms with van der Waals surface area (Å²) in [5.41, 5.74) is 7.80. The number of aliphatic carboxylic acids is 1. The molecule has 7 heteroatoms. The first kappa shape index (κ1) is 21.2. The highest BCUT2D eigenvalue weighted by Gasteiger charge is 2.38. The maximum Gasteiger partial charge on any atom is 0.340 e. The first-order valence-electron chi connectivity index (χ1n) is 10.6. The van der Waals surface area contributed by atoms with Gasteiger partial charge in [-0.25, -0.2) is 9.79 Å². The Hall–Kier alpha value is -3.03. The third kappa shape index (κ3) is 3.98. The van der Waals surface area contributed by atoms with Crippen LogP contribution in [0.1, 0.15) is 43.2 Å². The van der Waals surface area contributed by atoms with Crippen LogP contribution in [0.2, 0.25) is 0 Å². The number of carboxylic acids is 1. The Kier molecular flexibility index (Phi) is 5.64. The Bertz CT molecular complexity index is 1040. The monoisotopic (exact) mass is 421 g/mol. The molecule has 31 heavy (non-hydrogen) atoms. The normalized spacial score (nSPS) is 20.8. The number of nitrogens with zero attached hydrogens (tertiary/aromatic N) is 2. The van der Waals surface area contributed by atoms with Crippen molar-refractivity contribution in [3.05, 3.63) is 70.5 Å². The summed E-state index contributed by atoms with van der Waals surface area (Å²) in [6.45, 7) is 3.02.